The third-order valence-corrected chi connectivity index (χ3v) is 12.2. The number of likely N-dealkylation sites (N-methyl/N-ethyl adjacent to an activating group) is 1. The van der Waals surface area contributed by atoms with Crippen LogP contribution in [-0.4, -0.2) is 101 Å². The highest BCUT2D eigenvalue weighted by Gasteiger charge is 2.65. The van der Waals surface area contributed by atoms with Crippen LogP contribution in [0.5, 0.6) is 0 Å². The van der Waals surface area contributed by atoms with Gasteiger partial charge >= 0.3 is 12.1 Å². The van der Waals surface area contributed by atoms with Gasteiger partial charge in [0.2, 0.25) is 11.8 Å². The number of fused-ring (bicyclic) bond motifs is 1. The second-order valence-corrected chi connectivity index (χ2v) is 18.0. The number of nitro groups is 1. The van der Waals surface area contributed by atoms with Crippen LogP contribution in [0, 0.1) is 21.4 Å². The van der Waals surface area contributed by atoms with E-state index in [0.29, 0.717) is 9.80 Å². The molecule has 1 N–H and O–H groups in total. The van der Waals surface area contributed by atoms with Gasteiger partial charge in [0.15, 0.2) is 14.7 Å². The number of benzene rings is 1. The molecule has 3 aliphatic rings. The summed E-state index contributed by atoms with van der Waals surface area (Å²) in [6.07, 6.45) is -0.465. The molecule has 1 unspecified atom stereocenters. The van der Waals surface area contributed by atoms with E-state index in [-0.39, 0.29) is 48.0 Å². The summed E-state index contributed by atoms with van der Waals surface area (Å²) in [6.45, 7) is 12.1. The van der Waals surface area contributed by atoms with Crippen molar-refractivity contribution in [2.24, 2.45) is 11.3 Å². The average Bonchev–Trinajstić information content (AvgIpc) is 3.50. The molecular formula is C29H40N4O9S2Si. The Morgan fingerprint density at radius 2 is 1.80 bits per heavy atom. The van der Waals surface area contributed by atoms with Gasteiger partial charge in [-0.25, -0.2) is 9.59 Å². The largest absolute Gasteiger partial charge is 0.477 e. The number of carbonyl (C=O) groups is 4. The van der Waals surface area contributed by atoms with Crippen molar-refractivity contribution in [1.82, 2.24) is 14.7 Å². The fraction of sp³-hybridized carbons (Fsp3) is 0.586. The van der Waals surface area contributed by atoms with Gasteiger partial charge in [-0.15, -0.1) is 11.8 Å². The van der Waals surface area contributed by atoms with Crippen LogP contribution in [-0.2, 0) is 30.2 Å². The summed E-state index contributed by atoms with van der Waals surface area (Å²) >= 11 is 2.59. The number of non-ortho nitro benzene ring substituents is 1. The topological polar surface area (TPSA) is 160 Å². The highest BCUT2D eigenvalue weighted by atomic mass is 32.2. The van der Waals surface area contributed by atoms with Crippen LogP contribution >= 0.6 is 23.5 Å². The number of rotatable bonds is 10. The van der Waals surface area contributed by atoms with Gasteiger partial charge in [-0.05, 0) is 49.5 Å². The molecule has 0 radical (unpaired) electrons. The van der Waals surface area contributed by atoms with E-state index in [2.05, 4.69) is 0 Å². The molecule has 0 aromatic heterocycles. The number of aliphatic carboxylic acids is 1. The SMILES string of the molecule is CN(C)C(=O)[C@@H]1C[C@H](SC2=C(C(=O)O)N3C(=O)[C@H](C(C)(O[SiH](C)C)C(C)(C)C)[C@H]3S2)CN1C(=O)OCc1ccc([N+](=O)[O-])cc1. The number of carboxylic acid groups (broad SMARTS) is 1. The van der Waals surface area contributed by atoms with Gasteiger partial charge in [-0.1, -0.05) is 32.5 Å². The van der Waals surface area contributed by atoms with Crippen molar-refractivity contribution in [3.8, 4) is 0 Å². The van der Waals surface area contributed by atoms with Crippen molar-refractivity contribution in [1.29, 1.82) is 0 Å². The smallest absolute Gasteiger partial charge is 0.410 e. The molecule has 0 aliphatic carbocycles. The van der Waals surface area contributed by atoms with Gasteiger partial charge in [0, 0.05) is 38.0 Å². The lowest BCUT2D eigenvalue weighted by molar-refractivity contribution is -0.384. The molecule has 2 fully saturated rings. The third-order valence-electron chi connectivity index (χ3n) is 8.48. The fourth-order valence-electron chi connectivity index (χ4n) is 5.78. The molecule has 3 amide bonds. The second kappa shape index (κ2) is 13.0. The number of amides is 3. The summed E-state index contributed by atoms with van der Waals surface area (Å²) in [6, 6.07) is 4.78. The molecule has 16 heteroatoms. The number of likely N-dealkylation sites (tertiary alicyclic amines) is 1. The molecule has 4 rings (SSSR count). The predicted molar refractivity (Wildman–Crippen MR) is 173 cm³/mol. The Kier molecular flexibility index (Phi) is 10.0. The number of hydrogen-bond acceptors (Lipinski definition) is 10. The van der Waals surface area contributed by atoms with Crippen LogP contribution in [0.4, 0.5) is 10.5 Å². The Labute approximate surface area is 272 Å². The predicted octanol–water partition coefficient (Wildman–Crippen LogP) is 4.09. The van der Waals surface area contributed by atoms with Crippen molar-refractivity contribution in [2.75, 3.05) is 20.6 Å². The van der Waals surface area contributed by atoms with E-state index in [1.54, 1.807) is 14.1 Å². The number of nitro benzene ring substituents is 1. The fourth-order valence-corrected chi connectivity index (χ4v) is 10.6. The molecule has 0 saturated carbocycles. The highest BCUT2D eigenvalue weighted by molar-refractivity contribution is 8.23. The van der Waals surface area contributed by atoms with E-state index in [0.717, 1.165) is 0 Å². The Morgan fingerprint density at radius 3 is 2.31 bits per heavy atom. The molecule has 45 heavy (non-hydrogen) atoms. The van der Waals surface area contributed by atoms with E-state index in [4.69, 9.17) is 9.16 Å². The van der Waals surface area contributed by atoms with Crippen LogP contribution in [0.15, 0.2) is 34.2 Å². The van der Waals surface area contributed by atoms with Crippen molar-refractivity contribution in [3.05, 3.63) is 49.9 Å². The summed E-state index contributed by atoms with van der Waals surface area (Å²) in [7, 11) is 1.60. The van der Waals surface area contributed by atoms with Crippen LogP contribution in [0.3, 0.4) is 0 Å². The van der Waals surface area contributed by atoms with Crippen molar-refractivity contribution >= 4 is 62.1 Å². The molecule has 0 spiro atoms. The molecule has 1 aromatic carbocycles. The van der Waals surface area contributed by atoms with Crippen LogP contribution in [0.2, 0.25) is 13.1 Å². The summed E-state index contributed by atoms with van der Waals surface area (Å²) in [4.78, 5) is 66.9. The number of carbonyl (C=O) groups excluding carboxylic acids is 3. The first-order chi connectivity index (χ1) is 20.9. The zero-order chi connectivity index (χ0) is 33.6. The molecule has 3 heterocycles. The Morgan fingerprint density at radius 1 is 1.18 bits per heavy atom. The number of hydrogen-bond donors (Lipinski definition) is 1. The monoisotopic (exact) mass is 680 g/mol. The maximum Gasteiger partial charge on any atom is 0.410 e. The molecule has 3 aliphatic heterocycles. The van der Waals surface area contributed by atoms with Gasteiger partial charge in [-0.3, -0.25) is 29.5 Å². The summed E-state index contributed by atoms with van der Waals surface area (Å²) in [5.41, 5.74) is -0.816. The first kappa shape index (κ1) is 34.8. The number of β-lactam (4-membered cyclic amide) rings is 1. The van der Waals surface area contributed by atoms with Gasteiger partial charge in [0.05, 0.1) is 20.7 Å². The van der Waals surface area contributed by atoms with Gasteiger partial charge in [0.1, 0.15) is 18.0 Å². The second-order valence-electron chi connectivity index (χ2n) is 13.0. The molecule has 246 valence electrons. The Bertz CT molecular complexity index is 1420. The van der Waals surface area contributed by atoms with Crippen molar-refractivity contribution in [3.63, 3.8) is 0 Å². The molecule has 5 atom stereocenters. The van der Waals surface area contributed by atoms with Gasteiger partial charge < -0.3 is 19.2 Å². The molecule has 13 nitrogen and oxygen atoms in total. The minimum Gasteiger partial charge on any atom is -0.477 e. The summed E-state index contributed by atoms with van der Waals surface area (Å²) in [5.74, 6) is -2.33. The van der Waals surface area contributed by atoms with E-state index in [1.807, 2.05) is 40.8 Å². The van der Waals surface area contributed by atoms with Crippen molar-refractivity contribution in [2.45, 2.75) is 76.1 Å². The lowest BCUT2D eigenvalue weighted by Gasteiger charge is -2.56. The lowest BCUT2D eigenvalue weighted by Crippen LogP contribution is -2.69. The molecule has 1 aromatic rings. The van der Waals surface area contributed by atoms with E-state index >= 15 is 0 Å². The van der Waals surface area contributed by atoms with Gasteiger partial charge in [-0.2, -0.15) is 0 Å². The minimum atomic E-state index is -1.58. The third kappa shape index (κ3) is 6.74. The van der Waals surface area contributed by atoms with Crippen molar-refractivity contribution < 1.29 is 38.4 Å². The zero-order valence-corrected chi connectivity index (χ0v) is 29.4. The van der Waals surface area contributed by atoms with E-state index in [1.165, 1.54) is 62.5 Å². The lowest BCUT2D eigenvalue weighted by atomic mass is 9.66. The molecule has 2 saturated heterocycles. The Hall–Kier alpha value is -3.08. The number of nitrogens with zero attached hydrogens (tertiary/aromatic N) is 4. The zero-order valence-electron chi connectivity index (χ0n) is 26.6. The minimum absolute atomic E-state index is 0.0796. The van der Waals surface area contributed by atoms with Crippen LogP contribution in [0.25, 0.3) is 0 Å². The van der Waals surface area contributed by atoms with Crippen LogP contribution < -0.4 is 0 Å². The standard InChI is InChI=1S/C29H40N4O9S2Si/c1-28(2,3)29(4,42-45(7)8)20-23(35)32-21(25(36)37)26(44-24(20)32)43-18-13-19(22(34)30(5)6)31(14-18)27(38)41-15-16-9-11-17(12-10-16)33(39)40/h9-12,18-20,24,45H,13-15H2,1-8H3,(H,36,37)/t18-,19-,20-,24+,29?/m0/s1. The number of carboxylic acids is 1. The summed E-state index contributed by atoms with van der Waals surface area (Å²) in [5, 5.41) is 20.3. The van der Waals surface area contributed by atoms with Crippen LogP contribution in [0.1, 0.15) is 39.7 Å². The number of ether oxygens (including phenoxy) is 1. The quantitative estimate of drug-likeness (QED) is 0.164. The summed E-state index contributed by atoms with van der Waals surface area (Å²) < 4.78 is 12.4. The maximum absolute atomic E-state index is 13.6. The number of thioether (sulfide) groups is 2. The highest BCUT2D eigenvalue weighted by Crippen LogP contribution is 2.59. The van der Waals surface area contributed by atoms with E-state index < -0.39 is 54.4 Å². The first-order valence-electron chi connectivity index (χ1n) is 14.6. The first-order valence-corrected chi connectivity index (χ1v) is 19.1. The maximum atomic E-state index is 13.6. The average molecular weight is 681 g/mol. The molecular weight excluding hydrogens is 641 g/mol. The van der Waals surface area contributed by atoms with E-state index in [9.17, 15) is 34.4 Å². The molecule has 0 bridgehead atoms. The Balaban J connectivity index is 1.52. The van der Waals surface area contributed by atoms with Gasteiger partial charge in [0.25, 0.3) is 5.69 Å². The normalized spacial score (nSPS) is 24.3.